The molecule has 1 saturated heterocycles. The molecule has 0 spiro atoms. The lowest BCUT2D eigenvalue weighted by molar-refractivity contribution is 0.140. The highest BCUT2D eigenvalue weighted by Crippen LogP contribution is 2.19. The molecule has 17 heavy (non-hydrogen) atoms. The maximum atomic E-state index is 5.59. The highest BCUT2D eigenvalue weighted by Gasteiger charge is 2.19. The Morgan fingerprint density at radius 3 is 3.00 bits per heavy atom. The van der Waals surface area contributed by atoms with Gasteiger partial charge in [-0.2, -0.15) is 5.10 Å². The van der Waals surface area contributed by atoms with Crippen molar-refractivity contribution in [1.82, 2.24) is 14.7 Å². The lowest BCUT2D eigenvalue weighted by atomic mass is 10.00. The van der Waals surface area contributed by atoms with Crippen molar-refractivity contribution in [1.29, 1.82) is 0 Å². The molecule has 1 aromatic heterocycles. The molecule has 4 heteroatoms. The molecule has 0 aliphatic carbocycles. The van der Waals surface area contributed by atoms with Crippen molar-refractivity contribution < 1.29 is 0 Å². The number of nitrogens with zero attached hydrogens (tertiary/aromatic N) is 3. The van der Waals surface area contributed by atoms with Gasteiger partial charge in [0, 0.05) is 25.3 Å². The third-order valence-electron chi connectivity index (χ3n) is 3.71. The Morgan fingerprint density at radius 2 is 2.29 bits per heavy atom. The number of hydrogen-bond donors (Lipinski definition) is 1. The van der Waals surface area contributed by atoms with Crippen molar-refractivity contribution in [3.8, 4) is 0 Å². The van der Waals surface area contributed by atoms with Gasteiger partial charge in [0.2, 0.25) is 0 Å². The second-order valence-corrected chi connectivity index (χ2v) is 4.95. The maximum Gasteiger partial charge on any atom is 0.145 e. The lowest BCUT2D eigenvalue weighted by Gasteiger charge is -2.35. The van der Waals surface area contributed by atoms with E-state index in [0.29, 0.717) is 5.82 Å². The van der Waals surface area contributed by atoms with Crippen LogP contribution in [-0.4, -0.2) is 33.8 Å². The first-order valence-corrected chi connectivity index (χ1v) is 6.82. The van der Waals surface area contributed by atoms with Crippen LogP contribution in [0.4, 0.5) is 5.82 Å². The molecular formula is C13H24N4. The summed E-state index contributed by atoms with van der Waals surface area (Å²) >= 11 is 0. The SMILES string of the molecule is CCC1CCCCN1CCCn1ccc(N)n1. The average molecular weight is 236 g/mol. The standard InChI is InChI=1S/C13H24N4/c1-2-12-6-3-4-8-16(12)9-5-10-17-11-7-13(14)15-17/h7,11-12H,2-6,8-10H2,1H3,(H2,14,15). The van der Waals surface area contributed by atoms with Crippen molar-refractivity contribution in [2.75, 3.05) is 18.8 Å². The zero-order valence-corrected chi connectivity index (χ0v) is 10.8. The molecule has 0 amide bonds. The Balaban J connectivity index is 1.73. The van der Waals surface area contributed by atoms with Crippen molar-refractivity contribution in [3.05, 3.63) is 12.3 Å². The van der Waals surface area contributed by atoms with E-state index in [9.17, 15) is 0 Å². The van der Waals surface area contributed by atoms with Crippen LogP contribution < -0.4 is 5.73 Å². The molecule has 1 fully saturated rings. The summed E-state index contributed by atoms with van der Waals surface area (Å²) in [5, 5.41) is 4.21. The first-order chi connectivity index (χ1) is 8.29. The number of rotatable bonds is 5. The largest absolute Gasteiger partial charge is 0.382 e. The van der Waals surface area contributed by atoms with Gasteiger partial charge < -0.3 is 10.6 Å². The van der Waals surface area contributed by atoms with Gasteiger partial charge >= 0.3 is 0 Å². The van der Waals surface area contributed by atoms with Crippen molar-refractivity contribution in [2.45, 2.75) is 51.6 Å². The molecule has 2 rings (SSSR count). The highest BCUT2D eigenvalue weighted by molar-refractivity contribution is 5.23. The van der Waals surface area contributed by atoms with Gasteiger partial charge in [0.25, 0.3) is 0 Å². The van der Waals surface area contributed by atoms with E-state index in [-0.39, 0.29) is 0 Å². The molecule has 1 aromatic rings. The van der Waals surface area contributed by atoms with Crippen molar-refractivity contribution in [3.63, 3.8) is 0 Å². The van der Waals surface area contributed by atoms with Crippen LogP contribution >= 0.6 is 0 Å². The van der Waals surface area contributed by atoms with Gasteiger partial charge in [-0.15, -0.1) is 0 Å². The summed E-state index contributed by atoms with van der Waals surface area (Å²) in [5.41, 5.74) is 5.59. The smallest absolute Gasteiger partial charge is 0.145 e. The predicted octanol–water partition coefficient (Wildman–Crippen LogP) is 2.12. The summed E-state index contributed by atoms with van der Waals surface area (Å²) in [5.74, 6) is 0.620. The number of likely N-dealkylation sites (tertiary alicyclic amines) is 1. The van der Waals surface area contributed by atoms with E-state index >= 15 is 0 Å². The van der Waals surface area contributed by atoms with Crippen LogP contribution in [0.2, 0.25) is 0 Å². The van der Waals surface area contributed by atoms with E-state index < -0.39 is 0 Å². The van der Waals surface area contributed by atoms with E-state index in [0.717, 1.165) is 19.0 Å². The van der Waals surface area contributed by atoms with Gasteiger partial charge in [-0.25, -0.2) is 0 Å². The number of anilines is 1. The monoisotopic (exact) mass is 236 g/mol. The maximum absolute atomic E-state index is 5.59. The first kappa shape index (κ1) is 12.4. The van der Waals surface area contributed by atoms with Crippen LogP contribution in [0, 0.1) is 0 Å². The number of hydrogen-bond acceptors (Lipinski definition) is 3. The summed E-state index contributed by atoms with van der Waals surface area (Å²) in [6.07, 6.45) is 8.57. The zero-order chi connectivity index (χ0) is 12.1. The first-order valence-electron chi connectivity index (χ1n) is 6.82. The van der Waals surface area contributed by atoms with Crippen LogP contribution in [0.15, 0.2) is 12.3 Å². The number of piperidine rings is 1. The van der Waals surface area contributed by atoms with Crippen LogP contribution in [0.3, 0.4) is 0 Å². The summed E-state index contributed by atoms with van der Waals surface area (Å²) in [7, 11) is 0. The lowest BCUT2D eigenvalue weighted by Crippen LogP contribution is -2.39. The second kappa shape index (κ2) is 6.05. The minimum absolute atomic E-state index is 0.620. The van der Waals surface area contributed by atoms with Crippen LogP contribution in [-0.2, 0) is 6.54 Å². The van der Waals surface area contributed by atoms with E-state index in [1.807, 2.05) is 16.9 Å². The third kappa shape index (κ3) is 3.46. The summed E-state index contributed by atoms with van der Waals surface area (Å²) < 4.78 is 1.94. The quantitative estimate of drug-likeness (QED) is 0.852. The average Bonchev–Trinajstić information content (AvgIpc) is 2.76. The van der Waals surface area contributed by atoms with Crippen molar-refractivity contribution in [2.24, 2.45) is 0 Å². The number of aryl methyl sites for hydroxylation is 1. The van der Waals surface area contributed by atoms with Gasteiger partial charge in [-0.1, -0.05) is 13.3 Å². The Hall–Kier alpha value is -1.03. The molecule has 1 aliphatic rings. The molecule has 2 heterocycles. The fourth-order valence-corrected chi connectivity index (χ4v) is 2.75. The molecule has 2 N–H and O–H groups in total. The molecule has 1 atom stereocenters. The summed E-state index contributed by atoms with van der Waals surface area (Å²) in [6, 6.07) is 2.67. The molecule has 1 unspecified atom stereocenters. The van der Waals surface area contributed by atoms with Gasteiger partial charge in [-0.05, 0) is 38.3 Å². The molecule has 96 valence electrons. The number of nitrogen functional groups attached to an aromatic ring is 1. The third-order valence-corrected chi connectivity index (χ3v) is 3.71. The Kier molecular flexibility index (Phi) is 4.42. The zero-order valence-electron chi connectivity index (χ0n) is 10.8. The second-order valence-electron chi connectivity index (χ2n) is 4.95. The Labute approximate surface area is 104 Å². The summed E-state index contributed by atoms with van der Waals surface area (Å²) in [4.78, 5) is 2.65. The Morgan fingerprint density at radius 1 is 1.41 bits per heavy atom. The van der Waals surface area contributed by atoms with E-state index in [2.05, 4.69) is 16.9 Å². The fourth-order valence-electron chi connectivity index (χ4n) is 2.75. The number of nitrogens with two attached hydrogens (primary N) is 1. The Bertz CT molecular complexity index is 334. The molecule has 0 saturated carbocycles. The van der Waals surface area contributed by atoms with E-state index in [4.69, 9.17) is 5.73 Å². The minimum Gasteiger partial charge on any atom is -0.382 e. The predicted molar refractivity (Wildman–Crippen MR) is 70.8 cm³/mol. The van der Waals surface area contributed by atoms with Gasteiger partial charge in [0.05, 0.1) is 0 Å². The normalized spacial score (nSPS) is 21.8. The van der Waals surface area contributed by atoms with Crippen LogP contribution in [0.1, 0.15) is 39.0 Å². The molecule has 0 bridgehead atoms. The van der Waals surface area contributed by atoms with Gasteiger partial charge in [-0.3, -0.25) is 4.68 Å². The fraction of sp³-hybridized carbons (Fsp3) is 0.769. The van der Waals surface area contributed by atoms with Crippen LogP contribution in [0.25, 0.3) is 0 Å². The molecule has 0 aromatic carbocycles. The van der Waals surface area contributed by atoms with Crippen LogP contribution in [0.5, 0.6) is 0 Å². The van der Waals surface area contributed by atoms with E-state index in [1.165, 1.54) is 38.8 Å². The topological polar surface area (TPSA) is 47.1 Å². The van der Waals surface area contributed by atoms with Gasteiger partial charge in [0.15, 0.2) is 0 Å². The molecule has 0 radical (unpaired) electrons. The number of aromatic nitrogens is 2. The highest BCUT2D eigenvalue weighted by atomic mass is 15.3. The van der Waals surface area contributed by atoms with E-state index in [1.54, 1.807) is 0 Å². The molecular weight excluding hydrogens is 212 g/mol. The van der Waals surface area contributed by atoms with Crippen molar-refractivity contribution >= 4 is 5.82 Å². The summed E-state index contributed by atoms with van der Waals surface area (Å²) in [6.45, 7) is 5.75. The molecule has 1 aliphatic heterocycles. The molecule has 4 nitrogen and oxygen atoms in total. The van der Waals surface area contributed by atoms with Gasteiger partial charge in [0.1, 0.15) is 5.82 Å². The minimum atomic E-state index is 0.620.